The molecule has 1 aromatic carbocycles. The Labute approximate surface area is 115 Å². The molecule has 0 unspecified atom stereocenters. The van der Waals surface area contributed by atoms with Gasteiger partial charge in [-0.3, -0.25) is 4.79 Å². The van der Waals surface area contributed by atoms with Crippen molar-refractivity contribution in [1.82, 2.24) is 0 Å². The van der Waals surface area contributed by atoms with Gasteiger partial charge in [-0.1, -0.05) is 13.0 Å². The lowest BCUT2D eigenvalue weighted by molar-refractivity contribution is -0.142. The van der Waals surface area contributed by atoms with E-state index in [-0.39, 0.29) is 12.4 Å². The quantitative estimate of drug-likeness (QED) is 0.624. The predicted molar refractivity (Wildman–Crippen MR) is 73.6 cm³/mol. The standard InChI is InChI=1S/C13H14INO2/c1-3-9-5-10(7-13(16)17-4-2)11(8-15)6-12(9)14/h5-6H,3-4,7H2,1-2H3. The van der Waals surface area contributed by atoms with Gasteiger partial charge in [0, 0.05) is 3.57 Å². The molecule has 3 nitrogen and oxygen atoms in total. The van der Waals surface area contributed by atoms with Gasteiger partial charge in [0.1, 0.15) is 0 Å². The first-order valence-corrected chi connectivity index (χ1v) is 6.57. The average molecular weight is 343 g/mol. The molecule has 0 aliphatic heterocycles. The Balaban J connectivity index is 3.05. The van der Waals surface area contributed by atoms with Crippen LogP contribution in [-0.2, 0) is 22.4 Å². The molecule has 17 heavy (non-hydrogen) atoms. The maximum Gasteiger partial charge on any atom is 0.310 e. The van der Waals surface area contributed by atoms with E-state index >= 15 is 0 Å². The van der Waals surface area contributed by atoms with E-state index in [2.05, 4.69) is 35.6 Å². The number of nitriles is 1. The van der Waals surface area contributed by atoms with Crippen LogP contribution in [0.25, 0.3) is 0 Å². The third-order valence-corrected chi connectivity index (χ3v) is 3.42. The number of hydrogen-bond donors (Lipinski definition) is 0. The first kappa shape index (κ1) is 14.0. The molecule has 0 heterocycles. The van der Waals surface area contributed by atoms with Crippen LogP contribution in [0.2, 0.25) is 0 Å². The normalized spacial score (nSPS) is 9.76. The molecule has 1 rings (SSSR count). The van der Waals surface area contributed by atoms with Crippen molar-refractivity contribution >= 4 is 28.6 Å². The fraction of sp³-hybridized carbons (Fsp3) is 0.385. The minimum Gasteiger partial charge on any atom is -0.466 e. The molecule has 0 radical (unpaired) electrons. The number of carbonyl (C=O) groups is 1. The second-order valence-electron chi connectivity index (χ2n) is 3.55. The van der Waals surface area contributed by atoms with Crippen LogP contribution in [0.3, 0.4) is 0 Å². The van der Waals surface area contributed by atoms with Crippen LogP contribution in [-0.4, -0.2) is 12.6 Å². The van der Waals surface area contributed by atoms with Crippen molar-refractivity contribution < 1.29 is 9.53 Å². The SMILES string of the molecule is CCOC(=O)Cc1cc(CC)c(I)cc1C#N. The summed E-state index contributed by atoms with van der Waals surface area (Å²) in [6.45, 7) is 4.19. The number of rotatable bonds is 4. The van der Waals surface area contributed by atoms with Gasteiger partial charge in [-0.25, -0.2) is 0 Å². The number of esters is 1. The molecule has 0 fully saturated rings. The Morgan fingerprint density at radius 1 is 1.41 bits per heavy atom. The molecule has 1 aromatic rings. The van der Waals surface area contributed by atoms with Crippen LogP contribution in [0, 0.1) is 14.9 Å². The molecule has 0 spiro atoms. The number of halogens is 1. The molecule has 0 saturated heterocycles. The molecule has 0 aromatic heterocycles. The number of hydrogen-bond acceptors (Lipinski definition) is 3. The fourth-order valence-electron chi connectivity index (χ4n) is 1.56. The average Bonchev–Trinajstić information content (AvgIpc) is 2.31. The van der Waals surface area contributed by atoms with Crippen LogP contribution < -0.4 is 0 Å². The van der Waals surface area contributed by atoms with E-state index < -0.39 is 0 Å². The van der Waals surface area contributed by atoms with Crippen molar-refractivity contribution in [3.05, 3.63) is 32.4 Å². The zero-order valence-electron chi connectivity index (χ0n) is 9.92. The Morgan fingerprint density at radius 2 is 2.12 bits per heavy atom. The van der Waals surface area contributed by atoms with Crippen molar-refractivity contribution in [2.45, 2.75) is 26.7 Å². The highest BCUT2D eigenvalue weighted by Crippen LogP contribution is 2.20. The Bertz CT molecular complexity index is 463. The lowest BCUT2D eigenvalue weighted by Gasteiger charge is -2.08. The third kappa shape index (κ3) is 3.70. The van der Waals surface area contributed by atoms with Crippen LogP contribution >= 0.6 is 22.6 Å². The third-order valence-electron chi connectivity index (χ3n) is 2.41. The van der Waals surface area contributed by atoms with E-state index in [0.717, 1.165) is 21.1 Å². The molecule has 0 amide bonds. The summed E-state index contributed by atoms with van der Waals surface area (Å²) in [7, 11) is 0. The molecule has 0 bridgehead atoms. The molecule has 0 aliphatic rings. The lowest BCUT2D eigenvalue weighted by atomic mass is 10.0. The van der Waals surface area contributed by atoms with Gasteiger partial charge in [0.25, 0.3) is 0 Å². The van der Waals surface area contributed by atoms with E-state index in [9.17, 15) is 4.79 Å². The van der Waals surface area contributed by atoms with Gasteiger partial charge in [0.2, 0.25) is 0 Å². The van der Waals surface area contributed by atoms with Crippen molar-refractivity contribution in [2.24, 2.45) is 0 Å². The first-order valence-electron chi connectivity index (χ1n) is 5.49. The Morgan fingerprint density at radius 3 is 2.65 bits per heavy atom. The molecular weight excluding hydrogens is 329 g/mol. The maximum absolute atomic E-state index is 11.4. The summed E-state index contributed by atoms with van der Waals surface area (Å²) in [6.07, 6.45) is 1.06. The Kier molecular flexibility index (Phi) is 5.42. The number of ether oxygens (including phenoxy) is 1. The van der Waals surface area contributed by atoms with E-state index in [1.54, 1.807) is 6.92 Å². The summed E-state index contributed by atoms with van der Waals surface area (Å²) in [4.78, 5) is 11.4. The molecule has 4 heteroatoms. The van der Waals surface area contributed by atoms with Crippen LogP contribution in [0.1, 0.15) is 30.5 Å². The number of aryl methyl sites for hydroxylation is 1. The van der Waals surface area contributed by atoms with Crippen LogP contribution in [0.4, 0.5) is 0 Å². The zero-order valence-corrected chi connectivity index (χ0v) is 12.1. The smallest absolute Gasteiger partial charge is 0.310 e. The van der Waals surface area contributed by atoms with Crippen LogP contribution in [0.5, 0.6) is 0 Å². The summed E-state index contributed by atoms with van der Waals surface area (Å²) < 4.78 is 5.96. The van der Waals surface area contributed by atoms with Gasteiger partial charge in [0.05, 0.1) is 24.7 Å². The van der Waals surface area contributed by atoms with Gasteiger partial charge >= 0.3 is 5.97 Å². The molecule has 0 saturated carbocycles. The molecular formula is C13H14INO2. The minimum absolute atomic E-state index is 0.167. The summed E-state index contributed by atoms with van der Waals surface area (Å²) in [5.41, 5.74) is 2.46. The minimum atomic E-state index is -0.285. The first-order chi connectivity index (χ1) is 8.12. The van der Waals surface area contributed by atoms with Gasteiger partial charge in [-0.2, -0.15) is 5.26 Å². The highest BCUT2D eigenvalue weighted by Gasteiger charge is 2.11. The summed E-state index contributed by atoms with van der Waals surface area (Å²) in [5.74, 6) is -0.285. The highest BCUT2D eigenvalue weighted by atomic mass is 127. The summed E-state index contributed by atoms with van der Waals surface area (Å²) in [6, 6.07) is 5.88. The molecule has 0 atom stereocenters. The summed E-state index contributed by atoms with van der Waals surface area (Å²) >= 11 is 2.21. The number of nitrogens with zero attached hydrogens (tertiary/aromatic N) is 1. The zero-order chi connectivity index (χ0) is 12.8. The number of carbonyl (C=O) groups excluding carboxylic acids is 1. The van der Waals surface area contributed by atoms with E-state index in [1.165, 1.54) is 0 Å². The number of benzene rings is 1. The second kappa shape index (κ2) is 6.60. The molecule has 0 N–H and O–H groups in total. The fourth-order valence-corrected chi connectivity index (χ4v) is 2.41. The maximum atomic E-state index is 11.4. The predicted octanol–water partition coefficient (Wildman–Crippen LogP) is 2.83. The van der Waals surface area contributed by atoms with Gasteiger partial charge in [-0.05, 0) is 53.1 Å². The highest BCUT2D eigenvalue weighted by molar-refractivity contribution is 14.1. The van der Waals surface area contributed by atoms with Gasteiger partial charge < -0.3 is 4.74 Å². The van der Waals surface area contributed by atoms with Gasteiger partial charge in [-0.15, -0.1) is 0 Å². The van der Waals surface area contributed by atoms with Crippen molar-refractivity contribution in [1.29, 1.82) is 5.26 Å². The van der Waals surface area contributed by atoms with Gasteiger partial charge in [0.15, 0.2) is 0 Å². The topological polar surface area (TPSA) is 50.1 Å². The molecule has 90 valence electrons. The second-order valence-corrected chi connectivity index (χ2v) is 4.71. The van der Waals surface area contributed by atoms with E-state index in [1.807, 2.05) is 12.1 Å². The molecule has 0 aliphatic carbocycles. The van der Waals surface area contributed by atoms with Crippen molar-refractivity contribution in [2.75, 3.05) is 6.61 Å². The van der Waals surface area contributed by atoms with Crippen LogP contribution in [0.15, 0.2) is 12.1 Å². The monoisotopic (exact) mass is 343 g/mol. The van der Waals surface area contributed by atoms with Crippen molar-refractivity contribution in [3.63, 3.8) is 0 Å². The van der Waals surface area contributed by atoms with Crippen molar-refractivity contribution in [3.8, 4) is 6.07 Å². The van der Waals surface area contributed by atoms with E-state index in [4.69, 9.17) is 10.00 Å². The largest absolute Gasteiger partial charge is 0.466 e. The summed E-state index contributed by atoms with van der Waals surface area (Å²) in [5, 5.41) is 9.04. The lowest BCUT2D eigenvalue weighted by Crippen LogP contribution is -2.09. The Hall–Kier alpha value is -1.09. The van der Waals surface area contributed by atoms with E-state index in [0.29, 0.717) is 12.2 Å².